The lowest BCUT2D eigenvalue weighted by Gasteiger charge is -2.15. The van der Waals surface area contributed by atoms with Crippen LogP contribution in [-0.2, 0) is 19.9 Å². The molecule has 0 amide bonds. The lowest BCUT2D eigenvalue weighted by molar-refractivity contribution is 0.389. The number of rotatable bonds is 6. The lowest BCUT2D eigenvalue weighted by atomic mass is 10.1. The van der Waals surface area contributed by atoms with E-state index in [1.165, 1.54) is 0 Å². The Morgan fingerprint density at radius 3 is 2.67 bits per heavy atom. The van der Waals surface area contributed by atoms with Crippen LogP contribution < -0.4 is 16.0 Å². The minimum atomic E-state index is -0.153. The fourth-order valence-corrected chi connectivity index (χ4v) is 2.89. The molecule has 0 aliphatic rings. The van der Waals surface area contributed by atoms with Gasteiger partial charge in [-0.25, -0.2) is 0 Å². The van der Waals surface area contributed by atoms with Crippen LogP contribution in [0.3, 0.4) is 0 Å². The van der Waals surface area contributed by atoms with Crippen LogP contribution in [0.1, 0.15) is 30.0 Å². The Morgan fingerprint density at radius 2 is 2.19 bits per heavy atom. The molecule has 0 saturated carbocycles. The van der Waals surface area contributed by atoms with Crippen molar-refractivity contribution in [3.05, 3.63) is 33.7 Å². The maximum Gasteiger partial charge on any atom is 0.233 e. The van der Waals surface area contributed by atoms with Crippen LogP contribution in [0.4, 0.5) is 0 Å². The monoisotopic (exact) mass is 354 g/mol. The van der Waals surface area contributed by atoms with Crippen molar-refractivity contribution in [2.24, 2.45) is 12.9 Å². The Hall–Kier alpha value is -1.51. The summed E-state index contributed by atoms with van der Waals surface area (Å²) < 4.78 is 7.90. The third-order valence-corrected chi connectivity index (χ3v) is 4.24. The van der Waals surface area contributed by atoms with Crippen LogP contribution in [0, 0.1) is 0 Å². The predicted molar refractivity (Wildman–Crippen MR) is 82.6 cm³/mol. The predicted octanol–water partition coefficient (Wildman–Crippen LogP) is 1.29. The first-order valence-electron chi connectivity index (χ1n) is 6.64. The number of aryl methyl sites for hydroxylation is 2. The number of aromatic nitrogens is 4. The quantitative estimate of drug-likeness (QED) is 0.599. The highest BCUT2D eigenvalue weighted by Crippen LogP contribution is 2.26. The van der Waals surface area contributed by atoms with Crippen molar-refractivity contribution in [2.75, 3.05) is 7.11 Å². The van der Waals surface area contributed by atoms with Crippen LogP contribution in [0.15, 0.2) is 16.6 Å². The molecule has 114 valence electrons. The Bertz CT molecular complexity index is 597. The molecule has 0 aliphatic heterocycles. The van der Waals surface area contributed by atoms with Crippen molar-refractivity contribution >= 4 is 15.9 Å². The molecule has 2 aromatic rings. The molecule has 0 fully saturated rings. The summed E-state index contributed by atoms with van der Waals surface area (Å²) in [5.74, 6) is 6.15. The summed E-state index contributed by atoms with van der Waals surface area (Å²) in [6.07, 6.45) is 1.53. The maximum atomic E-state index is 5.67. The summed E-state index contributed by atoms with van der Waals surface area (Å²) in [6.45, 7) is 2.07. The summed E-state index contributed by atoms with van der Waals surface area (Å²) in [5, 5.41) is 12.6. The number of nitrogens with one attached hydrogen (secondary N) is 1. The van der Waals surface area contributed by atoms with E-state index in [1.807, 2.05) is 17.8 Å². The second-order valence-corrected chi connectivity index (χ2v) is 5.40. The van der Waals surface area contributed by atoms with E-state index in [0.717, 1.165) is 28.0 Å². The number of nitrogens with zero attached hydrogens (tertiary/aromatic N) is 4. The molecule has 0 aliphatic carbocycles. The Labute approximate surface area is 132 Å². The Morgan fingerprint density at radius 1 is 1.43 bits per heavy atom. The van der Waals surface area contributed by atoms with Gasteiger partial charge in [0.1, 0.15) is 0 Å². The van der Waals surface area contributed by atoms with Crippen molar-refractivity contribution in [3.63, 3.8) is 0 Å². The van der Waals surface area contributed by atoms with Gasteiger partial charge in [0.2, 0.25) is 5.88 Å². The second-order valence-electron chi connectivity index (χ2n) is 4.61. The van der Waals surface area contributed by atoms with E-state index in [0.29, 0.717) is 12.3 Å². The molecule has 0 bridgehead atoms. The van der Waals surface area contributed by atoms with E-state index < -0.39 is 0 Å². The number of ether oxygens (including phenoxy) is 1. The first-order chi connectivity index (χ1) is 10.1. The smallest absolute Gasteiger partial charge is 0.233 e. The fourth-order valence-electron chi connectivity index (χ4n) is 2.11. The largest absolute Gasteiger partial charge is 0.480 e. The van der Waals surface area contributed by atoms with Crippen molar-refractivity contribution in [2.45, 2.75) is 25.8 Å². The van der Waals surface area contributed by atoms with Crippen LogP contribution in [0.25, 0.3) is 0 Å². The van der Waals surface area contributed by atoms with Gasteiger partial charge in [-0.05, 0) is 28.4 Å². The van der Waals surface area contributed by atoms with Gasteiger partial charge in [-0.3, -0.25) is 16.0 Å². The van der Waals surface area contributed by atoms with E-state index in [1.54, 1.807) is 13.2 Å². The van der Waals surface area contributed by atoms with Gasteiger partial charge in [0, 0.05) is 19.5 Å². The molecular weight excluding hydrogens is 336 g/mol. The van der Waals surface area contributed by atoms with E-state index >= 15 is 0 Å². The molecule has 1 atom stereocenters. The van der Waals surface area contributed by atoms with Gasteiger partial charge in [-0.2, -0.15) is 10.2 Å². The van der Waals surface area contributed by atoms with E-state index in [-0.39, 0.29) is 6.04 Å². The van der Waals surface area contributed by atoms with Gasteiger partial charge in [-0.1, -0.05) is 6.92 Å². The van der Waals surface area contributed by atoms with E-state index in [9.17, 15) is 0 Å². The average Bonchev–Trinajstić information content (AvgIpc) is 2.79. The minimum absolute atomic E-state index is 0.153. The van der Waals surface area contributed by atoms with Gasteiger partial charge in [0.05, 0.1) is 34.7 Å². The molecule has 3 N–H and O–H groups in total. The first kappa shape index (κ1) is 15.9. The van der Waals surface area contributed by atoms with Crippen LogP contribution in [0.2, 0.25) is 0 Å². The number of halogens is 1. The molecule has 0 radical (unpaired) electrons. The molecule has 0 spiro atoms. The standard InChI is InChI=1S/C13H19BrN6O/c1-4-8-13(14)11(20(2)19-8)7-10(16-15)9-5-6-12(21-3)18-17-9/h5-6,10,16H,4,7,15H2,1-3H3. The molecule has 2 heterocycles. The van der Waals surface area contributed by atoms with Crippen LogP contribution in [-0.4, -0.2) is 27.1 Å². The Balaban J connectivity index is 2.24. The number of hydrogen-bond donors (Lipinski definition) is 2. The fraction of sp³-hybridized carbons (Fsp3) is 0.462. The highest BCUT2D eigenvalue weighted by Gasteiger charge is 2.19. The average molecular weight is 355 g/mol. The van der Waals surface area contributed by atoms with Gasteiger partial charge in [0.15, 0.2) is 0 Å². The van der Waals surface area contributed by atoms with Crippen LogP contribution in [0.5, 0.6) is 5.88 Å². The molecule has 1 unspecified atom stereocenters. The minimum Gasteiger partial charge on any atom is -0.480 e. The molecule has 21 heavy (non-hydrogen) atoms. The summed E-state index contributed by atoms with van der Waals surface area (Å²) in [6, 6.07) is 3.46. The topological polar surface area (TPSA) is 90.9 Å². The number of methoxy groups -OCH3 is 1. The molecule has 2 aromatic heterocycles. The third-order valence-electron chi connectivity index (χ3n) is 3.33. The van der Waals surface area contributed by atoms with Gasteiger partial charge < -0.3 is 4.74 Å². The summed E-state index contributed by atoms with van der Waals surface area (Å²) in [7, 11) is 3.48. The molecule has 8 heteroatoms. The van der Waals surface area contributed by atoms with Crippen molar-refractivity contribution in [1.82, 2.24) is 25.4 Å². The van der Waals surface area contributed by atoms with Gasteiger partial charge in [-0.15, -0.1) is 5.10 Å². The second kappa shape index (κ2) is 6.97. The van der Waals surface area contributed by atoms with E-state index in [2.05, 4.69) is 43.6 Å². The normalized spacial score (nSPS) is 12.4. The molecule has 2 rings (SSSR count). The van der Waals surface area contributed by atoms with Crippen molar-refractivity contribution in [3.8, 4) is 5.88 Å². The third kappa shape index (κ3) is 3.39. The summed E-state index contributed by atoms with van der Waals surface area (Å²) in [5.41, 5.74) is 5.63. The van der Waals surface area contributed by atoms with Gasteiger partial charge in [0.25, 0.3) is 0 Å². The summed E-state index contributed by atoms with van der Waals surface area (Å²) >= 11 is 3.61. The van der Waals surface area contributed by atoms with Crippen LogP contribution >= 0.6 is 15.9 Å². The number of nitrogens with two attached hydrogens (primary N) is 1. The molecule has 7 nitrogen and oxygen atoms in total. The van der Waals surface area contributed by atoms with Gasteiger partial charge >= 0.3 is 0 Å². The highest BCUT2D eigenvalue weighted by atomic mass is 79.9. The van der Waals surface area contributed by atoms with E-state index in [4.69, 9.17) is 10.6 Å². The zero-order chi connectivity index (χ0) is 15.4. The summed E-state index contributed by atoms with van der Waals surface area (Å²) in [4.78, 5) is 0. The zero-order valence-electron chi connectivity index (χ0n) is 12.3. The first-order valence-corrected chi connectivity index (χ1v) is 7.44. The maximum absolute atomic E-state index is 5.67. The SMILES string of the molecule is CCc1nn(C)c(CC(NN)c2ccc(OC)nn2)c1Br. The highest BCUT2D eigenvalue weighted by molar-refractivity contribution is 9.10. The van der Waals surface area contributed by atoms with Crippen molar-refractivity contribution < 1.29 is 4.74 Å². The lowest BCUT2D eigenvalue weighted by Crippen LogP contribution is -2.31. The molecule has 0 aromatic carbocycles. The van der Waals surface area contributed by atoms with Crippen molar-refractivity contribution in [1.29, 1.82) is 0 Å². The Kier molecular flexibility index (Phi) is 5.27. The molecular formula is C13H19BrN6O. The zero-order valence-corrected chi connectivity index (χ0v) is 13.9. The number of hydrazine groups is 1. The molecule has 0 saturated heterocycles. The number of hydrogen-bond acceptors (Lipinski definition) is 6.